The van der Waals surface area contributed by atoms with Gasteiger partial charge in [0.05, 0.1) is 7.11 Å². The molecule has 2 aliphatic heterocycles. The summed E-state index contributed by atoms with van der Waals surface area (Å²) in [4.78, 5) is 16.3. The monoisotopic (exact) mass is 362 g/mol. The minimum Gasteiger partial charge on any atom is -0.496 e. The quantitative estimate of drug-likeness (QED) is 0.807. The van der Waals surface area contributed by atoms with Crippen molar-refractivity contribution in [3.63, 3.8) is 0 Å². The Morgan fingerprint density at radius 3 is 2.65 bits per heavy atom. The zero-order valence-electron chi connectivity index (χ0n) is 15.6. The Morgan fingerprint density at radius 2 is 2.00 bits per heavy atom. The number of hydrogen-bond donors (Lipinski definition) is 2. The van der Waals surface area contributed by atoms with Crippen LogP contribution in [0.3, 0.4) is 0 Å². The van der Waals surface area contributed by atoms with Crippen LogP contribution in [-0.2, 0) is 6.54 Å². The summed E-state index contributed by atoms with van der Waals surface area (Å²) in [7, 11) is 1.49. The number of aromatic carboxylic acids is 1. The first-order valence-corrected chi connectivity index (χ1v) is 9.58. The first-order valence-electron chi connectivity index (χ1n) is 9.58. The molecule has 0 aliphatic carbocycles. The third-order valence-corrected chi connectivity index (χ3v) is 5.78. The predicted octanol–water partition coefficient (Wildman–Crippen LogP) is 2.06. The van der Waals surface area contributed by atoms with Gasteiger partial charge in [-0.15, -0.1) is 0 Å². The highest BCUT2D eigenvalue weighted by Crippen LogP contribution is 2.25. The molecule has 0 radical (unpaired) electrons. The summed E-state index contributed by atoms with van der Waals surface area (Å²) in [5.74, 6) is -0.107. The topological polar surface area (TPSA) is 73.2 Å². The molecule has 2 saturated heterocycles. The van der Waals surface area contributed by atoms with Gasteiger partial charge in [0, 0.05) is 25.7 Å². The maximum absolute atomic E-state index is 11.4. The van der Waals surface area contributed by atoms with Crippen molar-refractivity contribution in [3.8, 4) is 5.75 Å². The minimum absolute atomic E-state index is 0.225. The maximum atomic E-state index is 11.4. The molecule has 144 valence electrons. The number of benzene rings is 1. The molecule has 1 atom stereocenters. The lowest BCUT2D eigenvalue weighted by molar-refractivity contribution is 0.0526. The van der Waals surface area contributed by atoms with Crippen molar-refractivity contribution in [2.45, 2.75) is 38.3 Å². The first kappa shape index (κ1) is 19.1. The average Bonchev–Trinajstić information content (AvgIpc) is 2.68. The lowest BCUT2D eigenvalue weighted by Crippen LogP contribution is -2.48. The molecule has 1 aromatic rings. The molecular weight excluding hydrogens is 332 g/mol. The van der Waals surface area contributed by atoms with Gasteiger partial charge in [0.15, 0.2) is 0 Å². The molecule has 0 unspecified atom stereocenters. The third-order valence-electron chi connectivity index (χ3n) is 5.78. The zero-order valence-corrected chi connectivity index (χ0v) is 15.6. The number of piperidine rings is 2. The highest BCUT2D eigenvalue weighted by Gasteiger charge is 2.28. The highest BCUT2D eigenvalue weighted by molar-refractivity contribution is 5.91. The number of hydrogen-bond acceptors (Lipinski definition) is 5. The predicted molar refractivity (Wildman–Crippen MR) is 99.6 cm³/mol. The fourth-order valence-corrected chi connectivity index (χ4v) is 4.30. The summed E-state index contributed by atoms with van der Waals surface area (Å²) in [5.41, 5.74) is 1.24. The van der Waals surface area contributed by atoms with E-state index in [9.17, 15) is 15.0 Å². The largest absolute Gasteiger partial charge is 0.496 e. The maximum Gasteiger partial charge on any atom is 0.339 e. The second-order valence-corrected chi connectivity index (χ2v) is 7.53. The summed E-state index contributed by atoms with van der Waals surface area (Å²) in [6.45, 7) is 5.32. The van der Waals surface area contributed by atoms with Crippen LogP contribution < -0.4 is 4.74 Å². The van der Waals surface area contributed by atoms with E-state index in [1.54, 1.807) is 12.1 Å². The van der Waals surface area contributed by atoms with Crippen molar-refractivity contribution < 1.29 is 19.7 Å². The molecule has 0 spiro atoms. The van der Waals surface area contributed by atoms with Crippen LogP contribution in [0.15, 0.2) is 18.2 Å². The molecule has 0 bridgehead atoms. The van der Waals surface area contributed by atoms with Crippen LogP contribution >= 0.6 is 0 Å². The van der Waals surface area contributed by atoms with Gasteiger partial charge in [-0.2, -0.15) is 0 Å². The molecule has 2 N–H and O–H groups in total. The van der Waals surface area contributed by atoms with Gasteiger partial charge in [0.2, 0.25) is 0 Å². The number of methoxy groups -OCH3 is 1. The fourth-order valence-electron chi connectivity index (χ4n) is 4.30. The molecule has 6 heteroatoms. The number of aliphatic hydroxyl groups is 1. The number of ether oxygens (including phenoxy) is 1. The van der Waals surface area contributed by atoms with Crippen LogP contribution in [0.25, 0.3) is 0 Å². The van der Waals surface area contributed by atoms with Gasteiger partial charge in [-0.1, -0.05) is 6.07 Å². The Balaban J connectivity index is 1.54. The Morgan fingerprint density at radius 1 is 1.23 bits per heavy atom. The molecule has 2 fully saturated rings. The number of carbonyl (C=O) groups is 1. The number of carboxylic acids is 1. The van der Waals surface area contributed by atoms with Crippen LogP contribution in [0.5, 0.6) is 5.75 Å². The SMILES string of the molecule is COc1ccc(CN2CCC(N3CCC[C@@H](CO)C3)CC2)cc1C(=O)O. The summed E-state index contributed by atoms with van der Waals surface area (Å²) in [6, 6.07) is 6.04. The van der Waals surface area contributed by atoms with Gasteiger partial charge < -0.3 is 14.9 Å². The van der Waals surface area contributed by atoms with E-state index in [1.165, 1.54) is 13.5 Å². The van der Waals surface area contributed by atoms with Crippen LogP contribution in [-0.4, -0.2) is 71.9 Å². The van der Waals surface area contributed by atoms with Crippen molar-refractivity contribution in [2.75, 3.05) is 39.9 Å². The van der Waals surface area contributed by atoms with E-state index >= 15 is 0 Å². The van der Waals surface area contributed by atoms with E-state index in [0.717, 1.165) is 57.5 Å². The summed E-state index contributed by atoms with van der Waals surface area (Å²) in [6.07, 6.45) is 4.62. The molecule has 0 amide bonds. The second kappa shape index (κ2) is 8.84. The minimum atomic E-state index is -0.953. The third kappa shape index (κ3) is 4.55. The van der Waals surface area contributed by atoms with E-state index in [2.05, 4.69) is 9.80 Å². The molecule has 2 heterocycles. The zero-order chi connectivity index (χ0) is 18.5. The molecule has 3 rings (SSSR count). The lowest BCUT2D eigenvalue weighted by atomic mass is 9.94. The highest BCUT2D eigenvalue weighted by atomic mass is 16.5. The van der Waals surface area contributed by atoms with Crippen LogP contribution in [0.4, 0.5) is 0 Å². The molecule has 0 aromatic heterocycles. The van der Waals surface area contributed by atoms with E-state index in [1.807, 2.05) is 6.07 Å². The van der Waals surface area contributed by atoms with Gasteiger partial charge in [-0.25, -0.2) is 4.79 Å². The lowest BCUT2D eigenvalue weighted by Gasteiger charge is -2.42. The number of carboxylic acid groups (broad SMARTS) is 1. The van der Waals surface area contributed by atoms with Crippen LogP contribution in [0.1, 0.15) is 41.6 Å². The van der Waals surface area contributed by atoms with E-state index in [0.29, 0.717) is 24.3 Å². The van der Waals surface area contributed by atoms with Gasteiger partial charge >= 0.3 is 5.97 Å². The molecule has 26 heavy (non-hydrogen) atoms. The summed E-state index contributed by atoms with van der Waals surface area (Å²) < 4.78 is 5.13. The van der Waals surface area contributed by atoms with Gasteiger partial charge in [-0.3, -0.25) is 9.80 Å². The van der Waals surface area contributed by atoms with Crippen molar-refractivity contribution in [1.29, 1.82) is 0 Å². The molecule has 0 saturated carbocycles. The number of rotatable bonds is 6. The Labute approximate surface area is 155 Å². The number of likely N-dealkylation sites (tertiary alicyclic amines) is 2. The fraction of sp³-hybridized carbons (Fsp3) is 0.650. The second-order valence-electron chi connectivity index (χ2n) is 7.53. The standard InChI is InChI=1S/C20H30N2O4/c1-26-19-5-4-15(11-18(19)20(24)25)12-21-9-6-17(7-10-21)22-8-2-3-16(13-22)14-23/h4-5,11,16-17,23H,2-3,6-10,12-14H2,1H3,(H,24,25)/t16-/m1/s1. The van der Waals surface area contributed by atoms with Crippen molar-refractivity contribution in [3.05, 3.63) is 29.3 Å². The first-order chi connectivity index (χ1) is 12.6. The van der Waals surface area contributed by atoms with E-state index in [4.69, 9.17) is 4.74 Å². The molecular formula is C20H30N2O4. The summed E-state index contributed by atoms with van der Waals surface area (Å²) in [5, 5.41) is 18.8. The molecule has 6 nitrogen and oxygen atoms in total. The Kier molecular flexibility index (Phi) is 6.51. The normalized spacial score (nSPS) is 23.1. The van der Waals surface area contributed by atoms with E-state index < -0.39 is 5.97 Å². The summed E-state index contributed by atoms with van der Waals surface area (Å²) >= 11 is 0. The van der Waals surface area contributed by atoms with Crippen molar-refractivity contribution in [2.24, 2.45) is 5.92 Å². The van der Waals surface area contributed by atoms with Crippen molar-refractivity contribution in [1.82, 2.24) is 9.80 Å². The Bertz CT molecular complexity index is 614. The average molecular weight is 362 g/mol. The van der Waals surface area contributed by atoms with Crippen LogP contribution in [0.2, 0.25) is 0 Å². The number of nitrogens with zero attached hydrogens (tertiary/aromatic N) is 2. The van der Waals surface area contributed by atoms with Crippen LogP contribution in [0, 0.1) is 5.92 Å². The van der Waals surface area contributed by atoms with E-state index in [-0.39, 0.29) is 5.56 Å². The van der Waals surface area contributed by atoms with Crippen molar-refractivity contribution >= 4 is 5.97 Å². The smallest absolute Gasteiger partial charge is 0.339 e. The molecule has 1 aromatic carbocycles. The van der Waals surface area contributed by atoms with Gasteiger partial charge in [0.1, 0.15) is 11.3 Å². The van der Waals surface area contributed by atoms with Gasteiger partial charge in [-0.05, 0) is 68.9 Å². The molecule has 2 aliphatic rings. The van der Waals surface area contributed by atoms with Gasteiger partial charge in [0.25, 0.3) is 0 Å². The number of aliphatic hydroxyl groups excluding tert-OH is 1. The Hall–Kier alpha value is -1.63.